The Hall–Kier alpha value is -1.61. The number of hydrogen-bond donors (Lipinski definition) is 3. The molecule has 8 heteroatoms. The van der Waals surface area contributed by atoms with E-state index in [4.69, 9.17) is 9.84 Å². The number of rotatable bonds is 2. The number of aromatic nitrogens is 4. The highest BCUT2D eigenvalue weighted by Crippen LogP contribution is 2.30. The Balaban J connectivity index is 2.00. The summed E-state index contributed by atoms with van der Waals surface area (Å²) in [7, 11) is 0. The van der Waals surface area contributed by atoms with Crippen LogP contribution in [0.15, 0.2) is 12.7 Å². The number of aliphatic hydroxyl groups excluding tert-OH is 3. The summed E-state index contributed by atoms with van der Waals surface area (Å²) in [5, 5.41) is 28.6. The van der Waals surface area contributed by atoms with E-state index in [0.717, 1.165) is 0 Å². The third-order valence-corrected chi connectivity index (χ3v) is 2.97. The number of hydrogen-bond acceptors (Lipinski definition) is 7. The van der Waals surface area contributed by atoms with Crippen molar-refractivity contribution in [1.29, 1.82) is 0 Å². The SMILES string of the molecule is OC[C@H]1OC(n2cnc3[c]ncnc32)[C@H](O)[C@@H]1O. The Kier molecular flexibility index (Phi) is 2.71. The first kappa shape index (κ1) is 11.5. The molecule has 1 fully saturated rings. The van der Waals surface area contributed by atoms with Crippen molar-refractivity contribution in [2.75, 3.05) is 6.61 Å². The van der Waals surface area contributed by atoms with Gasteiger partial charge < -0.3 is 20.1 Å². The smallest absolute Gasteiger partial charge is 0.166 e. The fourth-order valence-electron chi connectivity index (χ4n) is 2.03. The zero-order valence-corrected chi connectivity index (χ0v) is 9.21. The highest BCUT2D eigenvalue weighted by Gasteiger charge is 2.43. The van der Waals surface area contributed by atoms with Gasteiger partial charge in [0.15, 0.2) is 11.9 Å². The van der Waals surface area contributed by atoms with Gasteiger partial charge in [0.05, 0.1) is 12.9 Å². The second kappa shape index (κ2) is 4.25. The van der Waals surface area contributed by atoms with E-state index in [1.54, 1.807) is 0 Å². The van der Waals surface area contributed by atoms with Gasteiger partial charge in [0.2, 0.25) is 0 Å². The maximum atomic E-state index is 9.90. The summed E-state index contributed by atoms with van der Waals surface area (Å²) in [5.41, 5.74) is 0.884. The Morgan fingerprint density at radius 3 is 2.89 bits per heavy atom. The van der Waals surface area contributed by atoms with E-state index < -0.39 is 24.5 Å². The van der Waals surface area contributed by atoms with Crippen LogP contribution in [0.5, 0.6) is 0 Å². The number of imidazole rings is 1. The number of nitrogens with zero attached hydrogens (tertiary/aromatic N) is 4. The molecule has 8 nitrogen and oxygen atoms in total. The Morgan fingerprint density at radius 2 is 2.17 bits per heavy atom. The van der Waals surface area contributed by atoms with Crippen LogP contribution in [0.1, 0.15) is 6.23 Å². The van der Waals surface area contributed by atoms with Gasteiger partial charge in [0, 0.05) is 0 Å². The van der Waals surface area contributed by atoms with Crippen molar-refractivity contribution in [2.24, 2.45) is 0 Å². The van der Waals surface area contributed by atoms with Gasteiger partial charge in [0.1, 0.15) is 36.4 Å². The molecule has 1 unspecified atom stereocenters. The van der Waals surface area contributed by atoms with Gasteiger partial charge in [-0.1, -0.05) is 0 Å². The minimum Gasteiger partial charge on any atom is -0.394 e. The highest BCUT2D eigenvalue weighted by molar-refractivity contribution is 5.68. The van der Waals surface area contributed by atoms with E-state index >= 15 is 0 Å². The van der Waals surface area contributed by atoms with Gasteiger partial charge in [-0.25, -0.2) is 15.0 Å². The second-order valence-corrected chi connectivity index (χ2v) is 4.04. The molecule has 0 bridgehead atoms. The van der Waals surface area contributed by atoms with Crippen LogP contribution in [0, 0.1) is 6.20 Å². The highest BCUT2D eigenvalue weighted by atomic mass is 16.6. The Labute approximate surface area is 102 Å². The molecule has 0 saturated carbocycles. The molecular weight excluding hydrogens is 240 g/mol. The lowest BCUT2D eigenvalue weighted by Gasteiger charge is -2.16. The van der Waals surface area contributed by atoms with Crippen molar-refractivity contribution in [3.05, 3.63) is 18.9 Å². The summed E-state index contributed by atoms with van der Waals surface area (Å²) >= 11 is 0. The normalized spacial score (nSPS) is 32.2. The maximum Gasteiger partial charge on any atom is 0.166 e. The summed E-state index contributed by atoms with van der Waals surface area (Å²) < 4.78 is 6.87. The monoisotopic (exact) mass is 251 g/mol. The van der Waals surface area contributed by atoms with E-state index in [1.807, 2.05) is 0 Å². The topological polar surface area (TPSA) is 114 Å². The Morgan fingerprint density at radius 1 is 1.33 bits per heavy atom. The molecule has 3 heterocycles. The van der Waals surface area contributed by atoms with Crippen LogP contribution in [0.4, 0.5) is 0 Å². The molecule has 1 aliphatic heterocycles. The molecule has 3 N–H and O–H groups in total. The van der Waals surface area contributed by atoms with Gasteiger partial charge in [0.25, 0.3) is 0 Å². The van der Waals surface area contributed by atoms with Gasteiger partial charge in [-0.05, 0) is 0 Å². The fraction of sp³-hybridized carbons (Fsp3) is 0.500. The largest absolute Gasteiger partial charge is 0.394 e. The summed E-state index contributed by atoms with van der Waals surface area (Å²) in [5.74, 6) is 0. The number of aliphatic hydroxyl groups is 3. The second-order valence-electron chi connectivity index (χ2n) is 4.04. The molecule has 2 aromatic heterocycles. The molecule has 95 valence electrons. The molecule has 0 amide bonds. The summed E-state index contributed by atoms with van der Waals surface area (Å²) in [6.07, 6.45) is 1.41. The Bertz CT molecular complexity index is 560. The predicted octanol–water partition coefficient (Wildman–Crippen LogP) is -1.76. The maximum absolute atomic E-state index is 9.90. The summed E-state index contributed by atoms with van der Waals surface area (Å²) in [6.45, 7) is -0.373. The molecule has 3 rings (SSSR count). The van der Waals surface area contributed by atoms with Crippen molar-refractivity contribution in [1.82, 2.24) is 19.5 Å². The molecule has 1 aliphatic rings. The van der Waals surface area contributed by atoms with Crippen molar-refractivity contribution in [2.45, 2.75) is 24.5 Å². The lowest BCUT2D eigenvalue weighted by Crippen LogP contribution is -2.33. The van der Waals surface area contributed by atoms with Gasteiger partial charge in [-0.15, -0.1) is 0 Å². The predicted molar refractivity (Wildman–Crippen MR) is 57.2 cm³/mol. The van der Waals surface area contributed by atoms with Crippen molar-refractivity contribution in [3.8, 4) is 0 Å². The molecule has 0 aromatic carbocycles. The van der Waals surface area contributed by atoms with Crippen molar-refractivity contribution >= 4 is 11.2 Å². The van der Waals surface area contributed by atoms with Crippen LogP contribution >= 0.6 is 0 Å². The first-order valence-corrected chi connectivity index (χ1v) is 5.40. The average Bonchev–Trinajstić information content (AvgIpc) is 2.93. The molecule has 1 saturated heterocycles. The number of fused-ring (bicyclic) bond motifs is 1. The van der Waals surface area contributed by atoms with Gasteiger partial charge >= 0.3 is 0 Å². The third kappa shape index (κ3) is 1.58. The molecule has 4 atom stereocenters. The first-order chi connectivity index (χ1) is 8.72. The molecule has 0 spiro atoms. The molecule has 18 heavy (non-hydrogen) atoms. The lowest BCUT2D eigenvalue weighted by atomic mass is 10.1. The molecule has 2 aromatic rings. The van der Waals surface area contributed by atoms with Crippen LogP contribution < -0.4 is 0 Å². The minimum absolute atomic E-state index is 0.373. The number of ether oxygens (including phenoxy) is 1. The van der Waals surface area contributed by atoms with Crippen LogP contribution in [-0.2, 0) is 4.74 Å². The average molecular weight is 251 g/mol. The van der Waals surface area contributed by atoms with Crippen molar-refractivity contribution in [3.63, 3.8) is 0 Å². The molecular formula is C10H11N4O4. The molecule has 1 radical (unpaired) electrons. The van der Waals surface area contributed by atoms with Crippen LogP contribution in [0.3, 0.4) is 0 Å². The van der Waals surface area contributed by atoms with Crippen LogP contribution in [0.2, 0.25) is 0 Å². The van der Waals surface area contributed by atoms with E-state index in [2.05, 4.69) is 21.1 Å². The first-order valence-electron chi connectivity index (χ1n) is 5.40. The van der Waals surface area contributed by atoms with Crippen molar-refractivity contribution < 1.29 is 20.1 Å². The van der Waals surface area contributed by atoms with Gasteiger partial charge in [-0.2, -0.15) is 0 Å². The lowest BCUT2D eigenvalue weighted by molar-refractivity contribution is -0.0511. The van der Waals surface area contributed by atoms with Gasteiger partial charge in [-0.3, -0.25) is 4.57 Å². The summed E-state index contributed by atoms with van der Waals surface area (Å²) in [4.78, 5) is 11.8. The van der Waals surface area contributed by atoms with Crippen LogP contribution in [-0.4, -0.2) is 59.8 Å². The zero-order chi connectivity index (χ0) is 12.7. The molecule has 0 aliphatic carbocycles. The minimum atomic E-state index is -1.16. The van der Waals surface area contributed by atoms with E-state index in [-0.39, 0.29) is 6.61 Å². The zero-order valence-electron chi connectivity index (χ0n) is 9.21. The third-order valence-electron chi connectivity index (χ3n) is 2.97. The van der Waals surface area contributed by atoms with E-state index in [0.29, 0.717) is 11.2 Å². The van der Waals surface area contributed by atoms with Crippen LogP contribution in [0.25, 0.3) is 11.2 Å². The van der Waals surface area contributed by atoms with E-state index in [9.17, 15) is 10.2 Å². The standard InChI is InChI=1S/C10H11N4O4/c15-2-6-7(16)8(17)10(18-6)14-4-13-5-1-11-3-12-9(5)14/h3-4,6-8,10,15-17H,2H2/t6-,7-,8-,10?/m1/s1. The quantitative estimate of drug-likeness (QED) is 0.579. The fourth-order valence-corrected chi connectivity index (χ4v) is 2.03. The summed E-state index contributed by atoms with van der Waals surface area (Å²) in [6, 6.07) is 0. The van der Waals surface area contributed by atoms with E-state index in [1.165, 1.54) is 17.2 Å².